The molecule has 0 aromatic heterocycles. The van der Waals surface area contributed by atoms with E-state index < -0.39 is 15.6 Å². The Morgan fingerprint density at radius 2 is 1.80 bits per heavy atom. The maximum absolute atomic E-state index is 11.8. The van der Waals surface area contributed by atoms with Gasteiger partial charge in [0.15, 0.2) is 0 Å². The summed E-state index contributed by atoms with van der Waals surface area (Å²) < 4.78 is 26.1. The molecule has 3 nitrogen and oxygen atoms in total. The van der Waals surface area contributed by atoms with Gasteiger partial charge < -0.3 is 0 Å². The van der Waals surface area contributed by atoms with Gasteiger partial charge in [0.05, 0.1) is 4.91 Å². The van der Waals surface area contributed by atoms with E-state index in [0.29, 0.717) is 11.3 Å². The average Bonchev–Trinajstić information content (AvgIpc) is 1.98. The molecule has 1 N–H and O–H groups in total. The van der Waals surface area contributed by atoms with Crippen molar-refractivity contribution in [2.45, 2.75) is 26.3 Å². The highest BCUT2D eigenvalue weighted by molar-refractivity contribution is 7.99. The molecule has 0 saturated carbocycles. The minimum absolute atomic E-state index is 0.0757. The lowest BCUT2D eigenvalue weighted by Crippen LogP contribution is -2.41. The standard InChI is InChI=1S/C10H19NO2S2/c1-8(7-14-6)9(2)15(12,13)11-10(3,4)5/h11H,1-2,7H2,3-6H3. The lowest BCUT2D eigenvalue weighted by molar-refractivity contribution is 0.495. The molecule has 0 spiro atoms. The zero-order valence-electron chi connectivity index (χ0n) is 9.75. The molecule has 0 rings (SSSR count). The van der Waals surface area contributed by atoms with Crippen molar-refractivity contribution in [1.82, 2.24) is 4.72 Å². The molecule has 0 heterocycles. The molecule has 0 aliphatic rings. The number of rotatable bonds is 5. The highest BCUT2D eigenvalue weighted by Crippen LogP contribution is 2.18. The summed E-state index contributed by atoms with van der Waals surface area (Å²) in [4.78, 5) is 0.0757. The van der Waals surface area contributed by atoms with Crippen LogP contribution in [0, 0.1) is 0 Å². The Balaban J connectivity index is 4.76. The van der Waals surface area contributed by atoms with Gasteiger partial charge in [-0.1, -0.05) is 13.2 Å². The van der Waals surface area contributed by atoms with Gasteiger partial charge in [-0.05, 0) is 32.6 Å². The molecule has 0 fully saturated rings. The number of hydrogen-bond acceptors (Lipinski definition) is 3. The second-order valence-electron chi connectivity index (χ2n) is 4.32. The lowest BCUT2D eigenvalue weighted by atomic mass is 10.1. The number of nitrogens with one attached hydrogen (secondary N) is 1. The van der Waals surface area contributed by atoms with Crippen LogP contribution in [0.25, 0.3) is 0 Å². The normalized spacial score (nSPS) is 12.5. The monoisotopic (exact) mass is 249 g/mol. The van der Waals surface area contributed by atoms with Crippen LogP contribution < -0.4 is 4.72 Å². The molecular formula is C10H19NO2S2. The summed E-state index contributed by atoms with van der Waals surface area (Å²) >= 11 is 1.52. The van der Waals surface area contributed by atoms with E-state index in [2.05, 4.69) is 17.9 Å². The highest BCUT2D eigenvalue weighted by atomic mass is 32.2. The van der Waals surface area contributed by atoms with Crippen LogP contribution in [0.2, 0.25) is 0 Å². The van der Waals surface area contributed by atoms with Gasteiger partial charge in [-0.25, -0.2) is 13.1 Å². The molecule has 0 aromatic carbocycles. The minimum Gasteiger partial charge on any atom is -0.207 e. The molecule has 88 valence electrons. The van der Waals surface area contributed by atoms with Crippen molar-refractivity contribution < 1.29 is 8.42 Å². The van der Waals surface area contributed by atoms with Crippen molar-refractivity contribution in [3.63, 3.8) is 0 Å². The summed E-state index contributed by atoms with van der Waals surface area (Å²) in [7, 11) is -3.50. The smallest absolute Gasteiger partial charge is 0.207 e. The minimum atomic E-state index is -3.50. The number of sulfonamides is 1. The number of allylic oxidation sites excluding steroid dienone is 1. The average molecular weight is 249 g/mol. The molecule has 0 aromatic rings. The van der Waals surface area contributed by atoms with E-state index in [1.54, 1.807) is 20.8 Å². The first kappa shape index (κ1) is 14.7. The second kappa shape index (κ2) is 5.18. The van der Waals surface area contributed by atoms with Gasteiger partial charge in [-0.2, -0.15) is 11.8 Å². The van der Waals surface area contributed by atoms with Crippen molar-refractivity contribution >= 4 is 21.8 Å². The Morgan fingerprint density at radius 1 is 1.33 bits per heavy atom. The van der Waals surface area contributed by atoms with E-state index in [-0.39, 0.29) is 4.91 Å². The van der Waals surface area contributed by atoms with Crippen molar-refractivity contribution in [2.24, 2.45) is 0 Å². The Morgan fingerprint density at radius 3 is 2.13 bits per heavy atom. The van der Waals surface area contributed by atoms with E-state index in [9.17, 15) is 8.42 Å². The fourth-order valence-electron chi connectivity index (χ4n) is 0.909. The van der Waals surface area contributed by atoms with Crippen molar-refractivity contribution in [2.75, 3.05) is 12.0 Å². The molecule has 0 unspecified atom stereocenters. The van der Waals surface area contributed by atoms with Crippen LogP contribution >= 0.6 is 11.8 Å². The fraction of sp³-hybridized carbons (Fsp3) is 0.600. The van der Waals surface area contributed by atoms with Crippen LogP contribution in [0.15, 0.2) is 23.6 Å². The molecule has 0 amide bonds. The zero-order valence-corrected chi connectivity index (χ0v) is 11.4. The van der Waals surface area contributed by atoms with E-state index >= 15 is 0 Å². The largest absolute Gasteiger partial charge is 0.240 e. The molecule has 0 atom stereocenters. The van der Waals surface area contributed by atoms with Crippen molar-refractivity contribution in [3.8, 4) is 0 Å². The third kappa shape index (κ3) is 5.39. The Labute approximate surface area is 97.1 Å². The van der Waals surface area contributed by atoms with Crippen LogP contribution in [-0.2, 0) is 10.0 Å². The first-order valence-corrected chi connectivity index (χ1v) is 7.38. The molecule has 0 aliphatic heterocycles. The fourth-order valence-corrected chi connectivity index (χ4v) is 2.91. The Kier molecular flexibility index (Phi) is 5.09. The Hall–Kier alpha value is -0.260. The van der Waals surface area contributed by atoms with Crippen LogP contribution in [0.3, 0.4) is 0 Å². The number of thioether (sulfide) groups is 1. The van der Waals surface area contributed by atoms with Gasteiger partial charge >= 0.3 is 0 Å². The molecule has 0 radical (unpaired) electrons. The van der Waals surface area contributed by atoms with E-state index in [0.717, 1.165) is 0 Å². The van der Waals surface area contributed by atoms with Gasteiger partial charge in [0.2, 0.25) is 10.0 Å². The van der Waals surface area contributed by atoms with Crippen LogP contribution in [0.5, 0.6) is 0 Å². The molecule has 0 aliphatic carbocycles. The van der Waals surface area contributed by atoms with Gasteiger partial charge in [0, 0.05) is 11.3 Å². The summed E-state index contributed by atoms with van der Waals surface area (Å²) in [5.41, 5.74) is 0.0424. The van der Waals surface area contributed by atoms with Crippen molar-refractivity contribution in [3.05, 3.63) is 23.6 Å². The van der Waals surface area contributed by atoms with Crippen LogP contribution in [0.1, 0.15) is 20.8 Å². The predicted molar refractivity (Wildman–Crippen MR) is 68.5 cm³/mol. The molecule has 0 bridgehead atoms. The summed E-state index contributed by atoms with van der Waals surface area (Å²) in [6.07, 6.45) is 1.89. The summed E-state index contributed by atoms with van der Waals surface area (Å²) in [5.74, 6) is 0.573. The highest BCUT2D eigenvalue weighted by Gasteiger charge is 2.23. The maximum atomic E-state index is 11.8. The zero-order chi connectivity index (χ0) is 12.3. The van der Waals surface area contributed by atoms with Crippen molar-refractivity contribution in [1.29, 1.82) is 0 Å². The first-order valence-electron chi connectivity index (χ1n) is 4.50. The topological polar surface area (TPSA) is 46.2 Å². The van der Waals surface area contributed by atoms with E-state index in [1.807, 2.05) is 6.26 Å². The maximum Gasteiger partial charge on any atom is 0.240 e. The predicted octanol–water partition coefficient (Wildman–Crippen LogP) is 2.14. The van der Waals surface area contributed by atoms with E-state index in [4.69, 9.17) is 0 Å². The van der Waals surface area contributed by atoms with Crippen LogP contribution in [-0.4, -0.2) is 26.0 Å². The molecular weight excluding hydrogens is 230 g/mol. The van der Waals surface area contributed by atoms with E-state index in [1.165, 1.54) is 11.8 Å². The summed E-state index contributed by atoms with van der Waals surface area (Å²) in [6, 6.07) is 0. The third-order valence-electron chi connectivity index (χ3n) is 1.48. The summed E-state index contributed by atoms with van der Waals surface area (Å²) in [6.45, 7) is 12.6. The third-order valence-corrected chi connectivity index (χ3v) is 3.93. The summed E-state index contributed by atoms with van der Waals surface area (Å²) in [5, 5.41) is 0. The molecule has 5 heteroatoms. The second-order valence-corrected chi connectivity index (χ2v) is 6.89. The van der Waals surface area contributed by atoms with Gasteiger partial charge in [0.25, 0.3) is 0 Å². The SMILES string of the molecule is C=C(CSC)C(=C)S(=O)(=O)NC(C)(C)C. The molecule has 15 heavy (non-hydrogen) atoms. The first-order chi connectivity index (χ1) is 6.60. The number of hydrogen-bond donors (Lipinski definition) is 1. The van der Waals surface area contributed by atoms with Crippen LogP contribution in [0.4, 0.5) is 0 Å². The lowest BCUT2D eigenvalue weighted by Gasteiger charge is -2.21. The van der Waals surface area contributed by atoms with Gasteiger partial charge in [-0.3, -0.25) is 0 Å². The van der Waals surface area contributed by atoms with Gasteiger partial charge in [0.1, 0.15) is 0 Å². The molecule has 0 saturated heterocycles. The quantitative estimate of drug-likeness (QED) is 0.759. The van der Waals surface area contributed by atoms with Gasteiger partial charge in [-0.15, -0.1) is 0 Å². The Bertz CT molecular complexity index is 350.